The number of methoxy groups -OCH3 is 2. The molecule has 1 fully saturated rings. The predicted molar refractivity (Wildman–Crippen MR) is 116 cm³/mol. The van der Waals surface area contributed by atoms with Crippen LogP contribution in [-0.4, -0.2) is 44.3 Å². The van der Waals surface area contributed by atoms with Crippen molar-refractivity contribution in [3.05, 3.63) is 53.6 Å². The minimum absolute atomic E-state index is 0.0378. The van der Waals surface area contributed by atoms with Gasteiger partial charge in [-0.15, -0.1) is 0 Å². The molecule has 6 nitrogen and oxygen atoms in total. The largest absolute Gasteiger partial charge is 0.497 e. The van der Waals surface area contributed by atoms with E-state index in [9.17, 15) is 4.79 Å². The van der Waals surface area contributed by atoms with Gasteiger partial charge in [-0.1, -0.05) is 17.7 Å². The topological polar surface area (TPSA) is 62.8 Å². The smallest absolute Gasteiger partial charge is 0.317 e. The molecule has 0 aromatic heterocycles. The second kappa shape index (κ2) is 9.54. The number of aryl methyl sites for hydroxylation is 1. The highest BCUT2D eigenvalue weighted by atomic mass is 16.5. The minimum atomic E-state index is -0.160. The monoisotopic (exact) mass is 397 g/mol. The molecule has 2 amide bonds. The van der Waals surface area contributed by atoms with Gasteiger partial charge in [0.25, 0.3) is 0 Å². The zero-order chi connectivity index (χ0) is 20.8. The number of benzene rings is 2. The van der Waals surface area contributed by atoms with Gasteiger partial charge in [0.15, 0.2) is 0 Å². The number of nitrogens with one attached hydrogen (secondary N) is 2. The number of carbonyl (C=O) groups excluding carboxylic acids is 1. The third-order valence-electron chi connectivity index (χ3n) is 5.45. The molecule has 0 saturated carbocycles. The van der Waals surface area contributed by atoms with Crippen molar-refractivity contribution in [1.29, 1.82) is 0 Å². The number of nitrogens with zero attached hydrogens (tertiary/aromatic N) is 1. The quantitative estimate of drug-likeness (QED) is 0.760. The molecule has 3 rings (SSSR count). The first-order chi connectivity index (χ1) is 14.0. The summed E-state index contributed by atoms with van der Waals surface area (Å²) < 4.78 is 10.7. The Bertz CT molecular complexity index is 815. The van der Waals surface area contributed by atoms with E-state index >= 15 is 0 Å². The molecule has 1 saturated heterocycles. The third-order valence-corrected chi connectivity index (χ3v) is 5.45. The lowest BCUT2D eigenvalue weighted by atomic mass is 10.0. The summed E-state index contributed by atoms with van der Waals surface area (Å²) in [7, 11) is 3.25. The maximum Gasteiger partial charge on any atom is 0.317 e. The van der Waals surface area contributed by atoms with Crippen molar-refractivity contribution >= 4 is 11.7 Å². The van der Waals surface area contributed by atoms with E-state index in [2.05, 4.69) is 41.8 Å². The number of hydrogen-bond donors (Lipinski definition) is 2. The number of piperidine rings is 1. The lowest BCUT2D eigenvalue weighted by Gasteiger charge is -2.33. The number of likely N-dealkylation sites (tertiary alicyclic amines) is 1. The Morgan fingerprint density at radius 2 is 1.76 bits per heavy atom. The van der Waals surface area contributed by atoms with Crippen molar-refractivity contribution in [1.82, 2.24) is 10.2 Å². The van der Waals surface area contributed by atoms with Crippen LogP contribution in [0.4, 0.5) is 10.5 Å². The SMILES string of the molecule is COc1ccc(C(C)NC(=O)N2CCC(Nc3ccc(C)cc3)CC2)c(OC)c1. The maximum absolute atomic E-state index is 12.7. The zero-order valence-corrected chi connectivity index (χ0v) is 17.7. The summed E-state index contributed by atoms with van der Waals surface area (Å²) in [6.45, 7) is 5.53. The van der Waals surface area contributed by atoms with Gasteiger partial charge in [0, 0.05) is 36.4 Å². The predicted octanol–water partition coefficient (Wildman–Crippen LogP) is 4.36. The third kappa shape index (κ3) is 5.34. The summed E-state index contributed by atoms with van der Waals surface area (Å²) in [5.41, 5.74) is 3.32. The number of urea groups is 1. The van der Waals surface area contributed by atoms with E-state index in [-0.39, 0.29) is 12.1 Å². The molecule has 0 radical (unpaired) electrons. The first-order valence-electron chi connectivity index (χ1n) is 10.1. The number of ether oxygens (including phenoxy) is 2. The van der Waals surface area contributed by atoms with Gasteiger partial charge in [-0.25, -0.2) is 4.79 Å². The first kappa shape index (κ1) is 20.8. The maximum atomic E-state index is 12.7. The second-order valence-electron chi connectivity index (χ2n) is 7.55. The Hall–Kier alpha value is -2.89. The van der Waals surface area contributed by atoms with E-state index in [4.69, 9.17) is 9.47 Å². The van der Waals surface area contributed by atoms with Gasteiger partial charge in [0.1, 0.15) is 11.5 Å². The summed E-state index contributed by atoms with van der Waals surface area (Å²) in [4.78, 5) is 14.6. The van der Waals surface area contributed by atoms with E-state index in [1.54, 1.807) is 14.2 Å². The lowest BCUT2D eigenvalue weighted by molar-refractivity contribution is 0.180. The van der Waals surface area contributed by atoms with Crippen LogP contribution in [0.5, 0.6) is 11.5 Å². The van der Waals surface area contributed by atoms with Crippen molar-refractivity contribution in [3.8, 4) is 11.5 Å². The normalized spacial score (nSPS) is 15.5. The van der Waals surface area contributed by atoms with Crippen molar-refractivity contribution in [2.24, 2.45) is 0 Å². The standard InChI is InChI=1S/C23H31N3O3/c1-16-5-7-18(8-6-16)25-19-11-13-26(14-12-19)23(27)24-17(2)21-10-9-20(28-3)15-22(21)29-4/h5-10,15,17,19,25H,11-14H2,1-4H3,(H,24,27). The first-order valence-corrected chi connectivity index (χ1v) is 10.1. The van der Waals surface area contributed by atoms with Gasteiger partial charge >= 0.3 is 6.03 Å². The Balaban J connectivity index is 1.52. The van der Waals surface area contributed by atoms with Crippen LogP contribution in [0.15, 0.2) is 42.5 Å². The molecule has 0 spiro atoms. The van der Waals surface area contributed by atoms with Crippen LogP contribution in [0.1, 0.15) is 36.9 Å². The van der Waals surface area contributed by atoms with Crippen LogP contribution < -0.4 is 20.1 Å². The fourth-order valence-electron chi connectivity index (χ4n) is 3.64. The van der Waals surface area contributed by atoms with E-state index in [1.165, 1.54) is 5.56 Å². The highest BCUT2D eigenvalue weighted by Crippen LogP contribution is 2.29. The number of hydrogen-bond acceptors (Lipinski definition) is 4. The van der Waals surface area contributed by atoms with Crippen LogP contribution in [0.2, 0.25) is 0 Å². The van der Waals surface area contributed by atoms with Crippen molar-refractivity contribution in [2.45, 2.75) is 38.8 Å². The van der Waals surface area contributed by atoms with Crippen LogP contribution in [0.3, 0.4) is 0 Å². The fourth-order valence-corrected chi connectivity index (χ4v) is 3.64. The molecular formula is C23H31N3O3. The Morgan fingerprint density at radius 1 is 1.07 bits per heavy atom. The molecule has 6 heteroatoms. The number of amides is 2. The Labute approximate surface area is 173 Å². The van der Waals surface area contributed by atoms with E-state index in [0.717, 1.165) is 42.9 Å². The van der Waals surface area contributed by atoms with E-state index in [1.807, 2.05) is 30.0 Å². The molecule has 1 aliphatic rings. The van der Waals surface area contributed by atoms with Crippen molar-refractivity contribution < 1.29 is 14.3 Å². The molecule has 0 bridgehead atoms. The molecular weight excluding hydrogens is 366 g/mol. The Morgan fingerprint density at radius 3 is 2.38 bits per heavy atom. The van der Waals surface area contributed by atoms with Crippen molar-refractivity contribution in [2.75, 3.05) is 32.6 Å². The second-order valence-corrected chi connectivity index (χ2v) is 7.55. The summed E-state index contributed by atoms with van der Waals surface area (Å²) in [5, 5.41) is 6.67. The molecule has 1 aliphatic heterocycles. The number of rotatable bonds is 6. The number of carbonyl (C=O) groups is 1. The van der Waals surface area contributed by atoms with Crippen LogP contribution in [0.25, 0.3) is 0 Å². The minimum Gasteiger partial charge on any atom is -0.497 e. The van der Waals surface area contributed by atoms with Gasteiger partial charge in [0.2, 0.25) is 0 Å². The highest BCUT2D eigenvalue weighted by molar-refractivity contribution is 5.75. The molecule has 29 heavy (non-hydrogen) atoms. The van der Waals surface area contributed by atoms with Crippen molar-refractivity contribution in [3.63, 3.8) is 0 Å². The van der Waals surface area contributed by atoms with Gasteiger partial charge in [0.05, 0.1) is 20.3 Å². The summed E-state index contributed by atoms with van der Waals surface area (Å²) in [6.07, 6.45) is 1.86. The fraction of sp³-hybridized carbons (Fsp3) is 0.435. The highest BCUT2D eigenvalue weighted by Gasteiger charge is 2.24. The lowest BCUT2D eigenvalue weighted by Crippen LogP contribution is -2.47. The molecule has 1 atom stereocenters. The molecule has 2 N–H and O–H groups in total. The molecule has 2 aromatic rings. The summed E-state index contributed by atoms with van der Waals surface area (Å²) in [5.74, 6) is 1.44. The molecule has 1 heterocycles. The van der Waals surface area contributed by atoms with Crippen LogP contribution >= 0.6 is 0 Å². The van der Waals surface area contributed by atoms with Gasteiger partial charge in [-0.3, -0.25) is 0 Å². The molecule has 2 aromatic carbocycles. The molecule has 156 valence electrons. The van der Waals surface area contributed by atoms with E-state index in [0.29, 0.717) is 11.8 Å². The number of anilines is 1. The average molecular weight is 398 g/mol. The van der Waals surface area contributed by atoms with Crippen LogP contribution in [0, 0.1) is 6.92 Å². The summed E-state index contributed by atoms with van der Waals surface area (Å²) in [6, 6.07) is 14.3. The van der Waals surface area contributed by atoms with Gasteiger partial charge in [-0.2, -0.15) is 0 Å². The molecule has 0 aliphatic carbocycles. The van der Waals surface area contributed by atoms with Crippen LogP contribution in [-0.2, 0) is 0 Å². The molecule has 1 unspecified atom stereocenters. The Kier molecular flexibility index (Phi) is 6.86. The average Bonchev–Trinajstić information content (AvgIpc) is 2.75. The van der Waals surface area contributed by atoms with Gasteiger partial charge in [-0.05, 0) is 51.0 Å². The summed E-state index contributed by atoms with van der Waals surface area (Å²) >= 11 is 0. The van der Waals surface area contributed by atoms with Gasteiger partial charge < -0.3 is 25.0 Å². The van der Waals surface area contributed by atoms with E-state index < -0.39 is 0 Å². The zero-order valence-electron chi connectivity index (χ0n) is 17.7.